The van der Waals surface area contributed by atoms with Gasteiger partial charge in [0.05, 0.1) is 11.6 Å². The Kier molecular flexibility index (Phi) is 3.18. The van der Waals surface area contributed by atoms with Gasteiger partial charge in [-0.05, 0) is 20.3 Å². The lowest BCUT2D eigenvalue weighted by molar-refractivity contribution is 0.105. The second-order valence-electron chi connectivity index (χ2n) is 4.50. The molecule has 0 bridgehead atoms. The molecule has 1 fully saturated rings. The summed E-state index contributed by atoms with van der Waals surface area (Å²) in [6, 6.07) is 0. The molecular formula is C11H12F4N2O. The summed E-state index contributed by atoms with van der Waals surface area (Å²) in [4.78, 5) is 2.50. The molecule has 1 aromatic rings. The summed E-state index contributed by atoms with van der Waals surface area (Å²) in [6.45, 7) is 3.79. The highest BCUT2D eigenvalue weighted by molar-refractivity contribution is 5.48. The number of hydrogen-bond acceptors (Lipinski definition) is 3. The smallest absolute Gasteiger partial charge is 0.253 e. The van der Waals surface area contributed by atoms with E-state index in [0.29, 0.717) is 13.0 Å². The topological polar surface area (TPSA) is 34.1 Å². The minimum Gasteiger partial charge on any atom is -0.376 e. The lowest BCUT2D eigenvalue weighted by Gasteiger charge is -2.30. The van der Waals surface area contributed by atoms with Crippen LogP contribution in [-0.2, 0) is 4.74 Å². The van der Waals surface area contributed by atoms with E-state index in [-0.39, 0.29) is 6.10 Å². The van der Waals surface area contributed by atoms with E-state index in [4.69, 9.17) is 4.74 Å². The van der Waals surface area contributed by atoms with Gasteiger partial charge in [-0.1, -0.05) is 0 Å². The number of anilines is 1. The zero-order valence-corrected chi connectivity index (χ0v) is 9.86. The van der Waals surface area contributed by atoms with Gasteiger partial charge < -0.3 is 10.1 Å². The SMILES string of the molecule is CC1OCCC1(C)Nc1c(F)c(F)nc(F)c1F. The maximum Gasteiger partial charge on any atom is 0.253 e. The van der Waals surface area contributed by atoms with Crippen molar-refractivity contribution in [3.05, 3.63) is 23.5 Å². The molecule has 18 heavy (non-hydrogen) atoms. The molecule has 7 heteroatoms. The van der Waals surface area contributed by atoms with Gasteiger partial charge in [0.1, 0.15) is 5.69 Å². The van der Waals surface area contributed by atoms with Gasteiger partial charge in [0.2, 0.25) is 11.6 Å². The minimum absolute atomic E-state index is 0.337. The molecule has 1 saturated heterocycles. The van der Waals surface area contributed by atoms with Crippen LogP contribution in [0.4, 0.5) is 23.2 Å². The molecule has 1 aromatic heterocycles. The fraction of sp³-hybridized carbons (Fsp3) is 0.545. The molecule has 100 valence electrons. The van der Waals surface area contributed by atoms with Crippen LogP contribution in [0.5, 0.6) is 0 Å². The molecule has 0 aromatic carbocycles. The number of nitrogens with one attached hydrogen (secondary N) is 1. The van der Waals surface area contributed by atoms with Gasteiger partial charge in [-0.15, -0.1) is 0 Å². The monoisotopic (exact) mass is 264 g/mol. The molecule has 0 spiro atoms. The van der Waals surface area contributed by atoms with Crippen LogP contribution in [0.3, 0.4) is 0 Å². The van der Waals surface area contributed by atoms with E-state index < -0.39 is 34.8 Å². The molecule has 0 amide bonds. The van der Waals surface area contributed by atoms with Crippen molar-refractivity contribution in [2.24, 2.45) is 0 Å². The zero-order chi connectivity index (χ0) is 13.5. The third-order valence-corrected chi connectivity index (χ3v) is 3.29. The normalized spacial score (nSPS) is 27.6. The number of halogens is 4. The van der Waals surface area contributed by atoms with E-state index in [0.717, 1.165) is 0 Å². The third kappa shape index (κ3) is 2.03. The molecule has 1 N–H and O–H groups in total. The summed E-state index contributed by atoms with van der Waals surface area (Å²) in [6.07, 6.45) is 0.133. The number of nitrogens with zero attached hydrogens (tertiary/aromatic N) is 1. The van der Waals surface area contributed by atoms with Crippen molar-refractivity contribution in [1.82, 2.24) is 4.98 Å². The summed E-state index contributed by atoms with van der Waals surface area (Å²) in [5, 5.41) is 2.49. The Balaban J connectivity index is 2.40. The fourth-order valence-corrected chi connectivity index (χ4v) is 1.88. The Labute approximate surface area is 101 Å². The number of hydrogen-bond donors (Lipinski definition) is 1. The highest BCUT2D eigenvalue weighted by Crippen LogP contribution is 2.32. The maximum absolute atomic E-state index is 13.4. The zero-order valence-electron chi connectivity index (χ0n) is 9.86. The first-order valence-electron chi connectivity index (χ1n) is 5.45. The van der Waals surface area contributed by atoms with E-state index >= 15 is 0 Å². The first-order chi connectivity index (χ1) is 8.35. The lowest BCUT2D eigenvalue weighted by atomic mass is 9.94. The molecule has 0 saturated carbocycles. The van der Waals surface area contributed by atoms with E-state index in [1.54, 1.807) is 13.8 Å². The van der Waals surface area contributed by atoms with Gasteiger partial charge >= 0.3 is 0 Å². The van der Waals surface area contributed by atoms with Crippen LogP contribution in [0, 0.1) is 23.5 Å². The average Bonchev–Trinajstić information content (AvgIpc) is 2.63. The van der Waals surface area contributed by atoms with E-state index in [2.05, 4.69) is 10.3 Å². The Morgan fingerprint density at radius 3 is 2.22 bits per heavy atom. The quantitative estimate of drug-likeness (QED) is 0.658. The number of rotatable bonds is 2. The fourth-order valence-electron chi connectivity index (χ4n) is 1.88. The van der Waals surface area contributed by atoms with Crippen LogP contribution >= 0.6 is 0 Å². The number of aromatic nitrogens is 1. The first kappa shape index (κ1) is 13.1. The summed E-state index contributed by atoms with van der Waals surface area (Å²) in [7, 11) is 0. The molecule has 0 aliphatic carbocycles. The highest BCUT2D eigenvalue weighted by atomic mass is 19.2. The summed E-state index contributed by atoms with van der Waals surface area (Å²) in [5.74, 6) is -6.42. The van der Waals surface area contributed by atoms with Gasteiger partial charge in [-0.25, -0.2) is 0 Å². The molecule has 0 radical (unpaired) electrons. The second-order valence-corrected chi connectivity index (χ2v) is 4.50. The summed E-state index contributed by atoms with van der Waals surface area (Å²) >= 11 is 0. The lowest BCUT2D eigenvalue weighted by Crippen LogP contribution is -2.42. The Bertz CT molecular complexity index is 456. The Morgan fingerprint density at radius 1 is 1.22 bits per heavy atom. The van der Waals surface area contributed by atoms with Crippen molar-refractivity contribution in [1.29, 1.82) is 0 Å². The predicted molar refractivity (Wildman–Crippen MR) is 56.1 cm³/mol. The van der Waals surface area contributed by atoms with Crippen LogP contribution in [0.25, 0.3) is 0 Å². The Hall–Kier alpha value is -1.37. The molecule has 3 nitrogen and oxygen atoms in total. The highest BCUT2D eigenvalue weighted by Gasteiger charge is 2.39. The van der Waals surface area contributed by atoms with Gasteiger partial charge in [0.25, 0.3) is 11.9 Å². The molecule has 2 rings (SSSR count). The van der Waals surface area contributed by atoms with Crippen molar-refractivity contribution < 1.29 is 22.3 Å². The van der Waals surface area contributed by atoms with Gasteiger partial charge in [0.15, 0.2) is 0 Å². The molecule has 2 heterocycles. The summed E-state index contributed by atoms with van der Waals surface area (Å²) in [5.41, 5.74) is -1.64. The van der Waals surface area contributed by atoms with Gasteiger partial charge in [-0.2, -0.15) is 22.5 Å². The minimum atomic E-state index is -1.67. The average molecular weight is 264 g/mol. The Morgan fingerprint density at radius 2 is 1.78 bits per heavy atom. The van der Waals surface area contributed by atoms with Crippen molar-refractivity contribution in [3.63, 3.8) is 0 Å². The molecule has 2 atom stereocenters. The van der Waals surface area contributed by atoms with E-state index in [9.17, 15) is 17.6 Å². The van der Waals surface area contributed by atoms with Crippen molar-refractivity contribution >= 4 is 5.69 Å². The standard InChI is InChI=1S/C11H12F4N2O/c1-5-11(2,3-4-18-5)17-8-6(12)9(14)16-10(15)7(8)13/h5H,3-4H2,1-2H3,(H,16,17). The molecular weight excluding hydrogens is 252 g/mol. The van der Waals surface area contributed by atoms with Crippen LogP contribution in [-0.4, -0.2) is 23.2 Å². The largest absolute Gasteiger partial charge is 0.376 e. The van der Waals surface area contributed by atoms with Crippen molar-refractivity contribution in [3.8, 4) is 0 Å². The van der Waals surface area contributed by atoms with E-state index in [1.807, 2.05) is 0 Å². The van der Waals surface area contributed by atoms with Gasteiger partial charge in [0, 0.05) is 6.61 Å². The molecule has 1 aliphatic heterocycles. The second kappa shape index (κ2) is 4.38. The molecule has 1 aliphatic rings. The predicted octanol–water partition coefficient (Wildman–Crippen LogP) is 2.62. The molecule has 2 unspecified atom stereocenters. The van der Waals surface area contributed by atoms with Crippen molar-refractivity contribution in [2.75, 3.05) is 11.9 Å². The van der Waals surface area contributed by atoms with E-state index in [1.165, 1.54) is 0 Å². The maximum atomic E-state index is 13.4. The summed E-state index contributed by atoms with van der Waals surface area (Å²) < 4.78 is 58.1. The van der Waals surface area contributed by atoms with Crippen LogP contribution in [0.15, 0.2) is 0 Å². The van der Waals surface area contributed by atoms with Crippen LogP contribution in [0.2, 0.25) is 0 Å². The number of pyridine rings is 1. The van der Waals surface area contributed by atoms with Crippen LogP contribution in [0.1, 0.15) is 20.3 Å². The van der Waals surface area contributed by atoms with Crippen LogP contribution < -0.4 is 5.32 Å². The number of ether oxygens (including phenoxy) is 1. The third-order valence-electron chi connectivity index (χ3n) is 3.29. The van der Waals surface area contributed by atoms with Crippen molar-refractivity contribution in [2.45, 2.75) is 31.9 Å². The first-order valence-corrected chi connectivity index (χ1v) is 5.45. The van der Waals surface area contributed by atoms with Gasteiger partial charge in [-0.3, -0.25) is 0 Å².